The second-order valence-electron chi connectivity index (χ2n) is 11.8. The number of thioether (sulfide) groups is 1. The van der Waals surface area contributed by atoms with Crippen molar-refractivity contribution in [2.75, 3.05) is 16.4 Å². The summed E-state index contributed by atoms with van der Waals surface area (Å²) in [5.74, 6) is -0.553. The van der Waals surface area contributed by atoms with E-state index >= 15 is 0 Å². The van der Waals surface area contributed by atoms with Crippen LogP contribution in [0.15, 0.2) is 120 Å². The third kappa shape index (κ3) is 8.54. The number of hydrogen-bond donors (Lipinski definition) is 3. The van der Waals surface area contributed by atoms with Gasteiger partial charge in [0, 0.05) is 21.0 Å². The highest BCUT2D eigenvalue weighted by molar-refractivity contribution is 8.00. The SMILES string of the molecule is Cc1cccc(/C=C(/NC(=O)c2ccccc2)C(=O)Nc2cccc(SCC(=O)Nc3sc4c(c3C#N)CCC(c3ccccc3)C4)c2)c1. The maximum absolute atomic E-state index is 13.5. The Hall–Kier alpha value is -5.43. The fourth-order valence-electron chi connectivity index (χ4n) is 5.84. The van der Waals surface area contributed by atoms with Gasteiger partial charge in [-0.1, -0.05) is 84.4 Å². The van der Waals surface area contributed by atoms with Crippen LogP contribution in [0, 0.1) is 18.3 Å². The number of rotatable bonds is 10. The zero-order chi connectivity index (χ0) is 34.2. The molecule has 0 aliphatic heterocycles. The molecule has 0 saturated heterocycles. The number of hydrogen-bond acceptors (Lipinski definition) is 6. The van der Waals surface area contributed by atoms with E-state index in [1.807, 2.05) is 49.4 Å². The first kappa shape index (κ1) is 33.5. The van der Waals surface area contributed by atoms with E-state index in [0.29, 0.717) is 27.7 Å². The highest BCUT2D eigenvalue weighted by Gasteiger charge is 2.27. The van der Waals surface area contributed by atoms with E-state index in [9.17, 15) is 19.6 Å². The number of nitriles is 1. The van der Waals surface area contributed by atoms with Crippen LogP contribution in [-0.4, -0.2) is 23.5 Å². The number of carbonyl (C=O) groups is 3. The third-order valence-corrected chi connectivity index (χ3v) is 10.4. The first-order valence-electron chi connectivity index (χ1n) is 15.9. The van der Waals surface area contributed by atoms with Crippen LogP contribution in [0.5, 0.6) is 0 Å². The van der Waals surface area contributed by atoms with Crippen molar-refractivity contribution in [2.45, 2.75) is 37.0 Å². The highest BCUT2D eigenvalue weighted by atomic mass is 32.2. The number of amides is 3. The molecule has 3 amide bonds. The lowest BCUT2D eigenvalue weighted by molar-refractivity contribution is -0.114. The number of anilines is 2. The van der Waals surface area contributed by atoms with Gasteiger partial charge in [-0.05, 0) is 85.2 Å². The molecule has 1 aromatic heterocycles. The van der Waals surface area contributed by atoms with Gasteiger partial charge in [0.25, 0.3) is 11.8 Å². The Bertz CT molecular complexity index is 2070. The van der Waals surface area contributed by atoms with Gasteiger partial charge in [0.15, 0.2) is 0 Å². The standard InChI is InChI=1S/C40H34N4O3S2/c1-26-10-8-11-27(20-26)21-35(43-38(46)29-14-6-3-7-15-29)39(47)42-31-16-9-17-32(23-31)48-25-37(45)44-40-34(24-41)33-19-18-30(22-36(33)49-40)28-12-4-2-5-13-28/h2-17,20-21,23,30H,18-19,22,25H2,1H3,(H,42,47)(H,43,46)(H,44,45)/b35-21+. The summed E-state index contributed by atoms with van der Waals surface area (Å²) in [6, 6.07) is 36.3. The average molecular weight is 683 g/mol. The van der Waals surface area contributed by atoms with Gasteiger partial charge in [-0.25, -0.2) is 0 Å². The summed E-state index contributed by atoms with van der Waals surface area (Å²) in [4.78, 5) is 41.5. The van der Waals surface area contributed by atoms with Crippen molar-refractivity contribution >= 4 is 57.6 Å². The molecule has 5 aromatic rings. The molecule has 1 unspecified atom stereocenters. The second-order valence-corrected chi connectivity index (χ2v) is 13.9. The van der Waals surface area contributed by atoms with Gasteiger partial charge in [0.1, 0.15) is 16.8 Å². The minimum atomic E-state index is -0.481. The molecule has 1 heterocycles. The number of benzene rings is 4. The van der Waals surface area contributed by atoms with Crippen molar-refractivity contribution in [1.82, 2.24) is 5.32 Å². The first-order valence-corrected chi connectivity index (χ1v) is 17.7. The van der Waals surface area contributed by atoms with Crippen LogP contribution in [0.3, 0.4) is 0 Å². The Morgan fingerprint density at radius 2 is 1.67 bits per heavy atom. The van der Waals surface area contributed by atoms with Gasteiger partial charge in [0.05, 0.1) is 11.3 Å². The number of nitrogens with one attached hydrogen (secondary N) is 3. The fourth-order valence-corrected chi connectivity index (χ4v) is 7.89. The van der Waals surface area contributed by atoms with Crippen LogP contribution in [0.2, 0.25) is 0 Å². The zero-order valence-electron chi connectivity index (χ0n) is 26.9. The molecular formula is C40H34N4O3S2. The van der Waals surface area contributed by atoms with Crippen molar-refractivity contribution in [3.8, 4) is 6.07 Å². The summed E-state index contributed by atoms with van der Waals surface area (Å²) in [5.41, 5.74) is 5.78. The van der Waals surface area contributed by atoms with E-state index in [1.54, 1.807) is 48.5 Å². The summed E-state index contributed by atoms with van der Waals surface area (Å²) < 4.78 is 0. The molecule has 244 valence electrons. The topological polar surface area (TPSA) is 111 Å². The summed E-state index contributed by atoms with van der Waals surface area (Å²) in [6.45, 7) is 1.96. The maximum atomic E-state index is 13.5. The van der Waals surface area contributed by atoms with Gasteiger partial charge in [0.2, 0.25) is 5.91 Å². The lowest BCUT2D eigenvalue weighted by Gasteiger charge is -2.22. The summed E-state index contributed by atoms with van der Waals surface area (Å²) >= 11 is 2.83. The fraction of sp³-hybridized carbons (Fsp3) is 0.150. The molecule has 0 bridgehead atoms. The monoisotopic (exact) mass is 682 g/mol. The van der Waals surface area contributed by atoms with Crippen LogP contribution in [0.1, 0.15) is 55.4 Å². The Balaban J connectivity index is 1.10. The van der Waals surface area contributed by atoms with Crippen LogP contribution < -0.4 is 16.0 Å². The average Bonchev–Trinajstić information content (AvgIpc) is 3.47. The third-order valence-electron chi connectivity index (χ3n) is 8.24. The predicted octanol–water partition coefficient (Wildman–Crippen LogP) is 8.34. The Morgan fingerprint density at radius 3 is 2.43 bits per heavy atom. The molecule has 1 aliphatic rings. The molecule has 3 N–H and O–H groups in total. The van der Waals surface area contributed by atoms with E-state index in [-0.39, 0.29) is 17.4 Å². The van der Waals surface area contributed by atoms with Crippen molar-refractivity contribution in [1.29, 1.82) is 5.26 Å². The zero-order valence-corrected chi connectivity index (χ0v) is 28.5. The summed E-state index contributed by atoms with van der Waals surface area (Å²) in [7, 11) is 0. The largest absolute Gasteiger partial charge is 0.321 e. The normalized spacial score (nSPS) is 13.9. The van der Waals surface area contributed by atoms with Crippen molar-refractivity contribution in [3.63, 3.8) is 0 Å². The van der Waals surface area contributed by atoms with Crippen molar-refractivity contribution in [3.05, 3.63) is 153 Å². The van der Waals surface area contributed by atoms with E-state index in [2.05, 4.69) is 46.3 Å². The van der Waals surface area contributed by atoms with Crippen LogP contribution in [0.25, 0.3) is 6.08 Å². The van der Waals surface area contributed by atoms with Crippen molar-refractivity contribution in [2.24, 2.45) is 0 Å². The summed E-state index contributed by atoms with van der Waals surface area (Å²) in [5, 5.41) is 19.2. The number of carbonyl (C=O) groups excluding carboxylic acids is 3. The number of thiophene rings is 1. The highest BCUT2D eigenvalue weighted by Crippen LogP contribution is 2.42. The van der Waals surface area contributed by atoms with E-state index < -0.39 is 11.8 Å². The molecule has 6 rings (SSSR count). The quantitative estimate of drug-likeness (QED) is 0.101. The minimum Gasteiger partial charge on any atom is -0.321 e. The van der Waals surface area contributed by atoms with Crippen molar-refractivity contribution < 1.29 is 14.4 Å². The lowest BCUT2D eigenvalue weighted by Crippen LogP contribution is -2.30. The molecule has 0 radical (unpaired) electrons. The minimum absolute atomic E-state index is 0.0962. The smallest absolute Gasteiger partial charge is 0.272 e. The van der Waals surface area contributed by atoms with Crippen LogP contribution in [0.4, 0.5) is 10.7 Å². The second kappa shape index (κ2) is 15.6. The van der Waals surface area contributed by atoms with Gasteiger partial charge < -0.3 is 16.0 Å². The molecule has 0 saturated carbocycles. The van der Waals surface area contributed by atoms with E-state index in [1.165, 1.54) is 33.5 Å². The molecule has 1 aliphatic carbocycles. The number of fused-ring (bicyclic) bond motifs is 1. The molecule has 4 aromatic carbocycles. The summed E-state index contributed by atoms with van der Waals surface area (Å²) in [6.07, 6.45) is 4.29. The van der Waals surface area contributed by atoms with Crippen LogP contribution in [-0.2, 0) is 22.4 Å². The molecule has 49 heavy (non-hydrogen) atoms. The molecule has 7 nitrogen and oxygen atoms in total. The molecule has 9 heteroatoms. The van der Waals surface area contributed by atoms with Gasteiger partial charge in [-0.15, -0.1) is 23.1 Å². The Labute approximate surface area is 294 Å². The molecule has 0 spiro atoms. The van der Waals surface area contributed by atoms with Gasteiger partial charge >= 0.3 is 0 Å². The molecule has 1 atom stereocenters. The Kier molecular flexibility index (Phi) is 10.7. The number of aryl methyl sites for hydroxylation is 1. The molecular weight excluding hydrogens is 649 g/mol. The molecule has 0 fully saturated rings. The maximum Gasteiger partial charge on any atom is 0.272 e. The first-order chi connectivity index (χ1) is 23.9. The van der Waals surface area contributed by atoms with Gasteiger partial charge in [-0.3, -0.25) is 14.4 Å². The number of nitrogens with zero attached hydrogens (tertiary/aromatic N) is 1. The van der Waals surface area contributed by atoms with E-state index in [0.717, 1.165) is 40.8 Å². The van der Waals surface area contributed by atoms with Gasteiger partial charge in [-0.2, -0.15) is 5.26 Å². The van der Waals surface area contributed by atoms with Crippen LogP contribution >= 0.6 is 23.1 Å². The lowest BCUT2D eigenvalue weighted by atomic mass is 9.83. The van der Waals surface area contributed by atoms with E-state index in [4.69, 9.17) is 0 Å². The predicted molar refractivity (Wildman–Crippen MR) is 198 cm³/mol. The Morgan fingerprint density at radius 1 is 0.918 bits per heavy atom.